The van der Waals surface area contributed by atoms with Crippen LogP contribution in [0.15, 0.2) is 36.5 Å². The molecule has 2 aliphatic rings. The van der Waals surface area contributed by atoms with E-state index in [0.717, 1.165) is 0 Å². The van der Waals surface area contributed by atoms with Crippen molar-refractivity contribution in [2.75, 3.05) is 25.6 Å². The molecule has 4 atom stereocenters. The fourth-order valence-corrected chi connectivity index (χ4v) is 3.22. The van der Waals surface area contributed by atoms with Crippen LogP contribution in [0.3, 0.4) is 0 Å². The monoisotopic (exact) mass is 374 g/mol. The lowest BCUT2D eigenvalue weighted by molar-refractivity contribution is 0.00770. The summed E-state index contributed by atoms with van der Waals surface area (Å²) >= 11 is 0. The van der Waals surface area contributed by atoms with Gasteiger partial charge in [-0.25, -0.2) is 14.3 Å². The van der Waals surface area contributed by atoms with Crippen molar-refractivity contribution in [2.45, 2.75) is 24.4 Å². The highest BCUT2D eigenvalue weighted by Crippen LogP contribution is 2.35. The fraction of sp³-hybridized carbons (Fsp3) is 0.412. The van der Waals surface area contributed by atoms with Gasteiger partial charge in [0.05, 0.1) is 26.5 Å². The molecule has 4 rings (SSSR count). The normalized spacial score (nSPS) is 26.4. The van der Waals surface area contributed by atoms with Crippen LogP contribution in [-0.2, 0) is 18.9 Å². The van der Waals surface area contributed by atoms with Gasteiger partial charge in [0, 0.05) is 5.69 Å². The van der Waals surface area contributed by atoms with Crippen LogP contribution in [0.1, 0.15) is 16.5 Å². The third-order valence-corrected chi connectivity index (χ3v) is 4.51. The molecular weight excluding hydrogens is 356 g/mol. The standard InChI is InChI=1S/C17H18N4O6/c1-24-16(22)11-7-21(20-19-11)12-8-25-15-13(9-26-14(12)15)27-17(23)18-10-5-3-2-4-6-10/h2-7,12-15H,8-9H2,1H3,(H,18,23)/t12-,13-,14-,15+/m1/s1. The van der Waals surface area contributed by atoms with Crippen LogP contribution in [-0.4, -0.2) is 65.7 Å². The Labute approximate surface area is 154 Å². The number of carbonyl (C=O) groups excluding carboxylic acids is 2. The molecule has 1 amide bonds. The maximum Gasteiger partial charge on any atom is 0.412 e. The van der Waals surface area contributed by atoms with Crippen LogP contribution in [0.4, 0.5) is 10.5 Å². The molecule has 0 saturated carbocycles. The smallest absolute Gasteiger partial charge is 0.412 e. The number of anilines is 1. The number of benzene rings is 1. The molecule has 0 unspecified atom stereocenters. The van der Waals surface area contributed by atoms with Gasteiger partial charge in [-0.15, -0.1) is 5.10 Å². The number of para-hydroxylation sites is 1. The molecular formula is C17H18N4O6. The van der Waals surface area contributed by atoms with Crippen LogP contribution in [0.5, 0.6) is 0 Å². The lowest BCUT2D eigenvalue weighted by Gasteiger charge is -2.17. The second kappa shape index (κ2) is 7.33. The molecule has 0 bridgehead atoms. The number of rotatable bonds is 4. The first-order valence-electron chi connectivity index (χ1n) is 8.42. The van der Waals surface area contributed by atoms with Crippen molar-refractivity contribution in [3.63, 3.8) is 0 Å². The Morgan fingerprint density at radius 1 is 1.19 bits per heavy atom. The highest BCUT2D eigenvalue weighted by Gasteiger charge is 2.50. The zero-order valence-electron chi connectivity index (χ0n) is 14.5. The lowest BCUT2D eigenvalue weighted by atomic mass is 10.1. The number of aromatic nitrogens is 3. The molecule has 2 saturated heterocycles. The summed E-state index contributed by atoms with van der Waals surface area (Å²) in [5.41, 5.74) is 0.745. The van der Waals surface area contributed by atoms with Crippen LogP contribution in [0, 0.1) is 0 Å². The summed E-state index contributed by atoms with van der Waals surface area (Å²) in [7, 11) is 1.28. The highest BCUT2D eigenvalue weighted by atomic mass is 16.6. The number of ether oxygens (including phenoxy) is 4. The van der Waals surface area contributed by atoms with Crippen molar-refractivity contribution in [2.24, 2.45) is 0 Å². The molecule has 27 heavy (non-hydrogen) atoms. The average Bonchev–Trinajstić information content (AvgIpc) is 3.39. The second-order valence-electron chi connectivity index (χ2n) is 6.17. The molecule has 2 aromatic rings. The minimum atomic E-state index is -0.573. The van der Waals surface area contributed by atoms with Gasteiger partial charge in [-0.05, 0) is 12.1 Å². The Kier molecular flexibility index (Phi) is 4.73. The van der Waals surface area contributed by atoms with Gasteiger partial charge < -0.3 is 18.9 Å². The van der Waals surface area contributed by atoms with Crippen LogP contribution in [0.25, 0.3) is 0 Å². The summed E-state index contributed by atoms with van der Waals surface area (Å²) in [5.74, 6) is -0.567. The predicted molar refractivity (Wildman–Crippen MR) is 90.2 cm³/mol. The van der Waals surface area contributed by atoms with Gasteiger partial charge in [-0.1, -0.05) is 23.4 Å². The van der Waals surface area contributed by atoms with E-state index in [9.17, 15) is 9.59 Å². The first-order chi connectivity index (χ1) is 13.2. The number of fused-ring (bicyclic) bond motifs is 1. The Morgan fingerprint density at radius 3 is 2.74 bits per heavy atom. The van der Waals surface area contributed by atoms with Gasteiger partial charge in [0.1, 0.15) is 18.2 Å². The van der Waals surface area contributed by atoms with E-state index >= 15 is 0 Å². The molecule has 0 radical (unpaired) electrons. The molecule has 10 heteroatoms. The van der Waals surface area contributed by atoms with Gasteiger partial charge in [0.15, 0.2) is 11.8 Å². The van der Waals surface area contributed by atoms with Crippen molar-refractivity contribution in [1.82, 2.24) is 15.0 Å². The third-order valence-electron chi connectivity index (χ3n) is 4.51. The SMILES string of the molecule is COC(=O)c1cn([C@@H]2CO[C@@H]3[C@@H]2OC[C@H]3OC(=O)Nc2ccccc2)nn1. The molecule has 1 N–H and O–H groups in total. The van der Waals surface area contributed by atoms with Crippen molar-refractivity contribution in [1.29, 1.82) is 0 Å². The molecule has 0 spiro atoms. The molecule has 142 valence electrons. The Morgan fingerprint density at radius 2 is 1.96 bits per heavy atom. The summed E-state index contributed by atoms with van der Waals surface area (Å²) in [6.07, 6.45) is -0.389. The highest BCUT2D eigenvalue weighted by molar-refractivity contribution is 5.86. The van der Waals surface area contributed by atoms with Gasteiger partial charge in [0.25, 0.3) is 0 Å². The molecule has 1 aromatic heterocycles. The van der Waals surface area contributed by atoms with Crippen LogP contribution in [0.2, 0.25) is 0 Å². The number of nitrogens with zero attached hydrogens (tertiary/aromatic N) is 3. The molecule has 10 nitrogen and oxygen atoms in total. The van der Waals surface area contributed by atoms with E-state index in [1.54, 1.807) is 12.1 Å². The molecule has 3 heterocycles. The summed E-state index contributed by atoms with van der Waals surface area (Å²) in [5, 5.41) is 10.4. The van der Waals surface area contributed by atoms with E-state index in [2.05, 4.69) is 20.4 Å². The number of hydrogen-bond acceptors (Lipinski definition) is 8. The van der Waals surface area contributed by atoms with Gasteiger partial charge in [0.2, 0.25) is 0 Å². The molecule has 2 fully saturated rings. The maximum atomic E-state index is 12.1. The Balaban J connectivity index is 1.38. The number of esters is 1. The number of nitrogens with one attached hydrogen (secondary N) is 1. The number of hydrogen-bond donors (Lipinski definition) is 1. The molecule has 0 aliphatic carbocycles. The van der Waals surface area contributed by atoms with E-state index in [4.69, 9.17) is 14.2 Å². The first-order valence-corrected chi connectivity index (χ1v) is 8.42. The summed E-state index contributed by atoms with van der Waals surface area (Å²) in [6, 6.07) is 8.74. The maximum absolute atomic E-state index is 12.1. The quantitative estimate of drug-likeness (QED) is 0.789. The van der Waals surface area contributed by atoms with Gasteiger partial charge in [-0.2, -0.15) is 0 Å². The zero-order chi connectivity index (χ0) is 18.8. The number of carbonyl (C=O) groups is 2. The van der Waals surface area contributed by atoms with E-state index in [-0.39, 0.29) is 24.4 Å². The van der Waals surface area contributed by atoms with E-state index in [1.807, 2.05) is 18.2 Å². The van der Waals surface area contributed by atoms with Gasteiger partial charge in [-0.3, -0.25) is 5.32 Å². The molecule has 2 aliphatic heterocycles. The summed E-state index contributed by atoms with van der Waals surface area (Å²) < 4.78 is 23.1. The van der Waals surface area contributed by atoms with E-state index in [0.29, 0.717) is 12.3 Å². The van der Waals surface area contributed by atoms with Crippen molar-refractivity contribution < 1.29 is 28.5 Å². The Bertz CT molecular complexity index is 826. The van der Waals surface area contributed by atoms with E-state index in [1.165, 1.54) is 18.0 Å². The fourth-order valence-electron chi connectivity index (χ4n) is 3.22. The van der Waals surface area contributed by atoms with Crippen LogP contribution >= 0.6 is 0 Å². The third kappa shape index (κ3) is 3.49. The largest absolute Gasteiger partial charge is 0.464 e. The van der Waals surface area contributed by atoms with Crippen molar-refractivity contribution in [3.05, 3.63) is 42.2 Å². The number of methoxy groups -OCH3 is 1. The van der Waals surface area contributed by atoms with Gasteiger partial charge >= 0.3 is 12.1 Å². The predicted octanol–water partition coefficient (Wildman–Crippen LogP) is 1.02. The lowest BCUT2D eigenvalue weighted by Crippen LogP contribution is -2.34. The van der Waals surface area contributed by atoms with Crippen molar-refractivity contribution in [3.8, 4) is 0 Å². The summed E-state index contributed by atoms with van der Waals surface area (Å²) in [4.78, 5) is 23.6. The van der Waals surface area contributed by atoms with Crippen LogP contribution < -0.4 is 5.32 Å². The minimum absolute atomic E-state index is 0.106. The zero-order valence-corrected chi connectivity index (χ0v) is 14.5. The number of amides is 1. The second-order valence-corrected chi connectivity index (χ2v) is 6.17. The van der Waals surface area contributed by atoms with Crippen molar-refractivity contribution >= 4 is 17.7 Å². The first kappa shape index (κ1) is 17.4. The molecule has 1 aromatic carbocycles. The van der Waals surface area contributed by atoms with E-state index < -0.39 is 24.3 Å². The Hall–Kier alpha value is -2.98. The minimum Gasteiger partial charge on any atom is -0.464 e. The summed E-state index contributed by atoms with van der Waals surface area (Å²) in [6.45, 7) is 0.520. The average molecular weight is 374 g/mol. The topological polar surface area (TPSA) is 114 Å².